The van der Waals surface area contributed by atoms with Crippen molar-refractivity contribution in [3.05, 3.63) is 71.1 Å². The van der Waals surface area contributed by atoms with Gasteiger partial charge in [-0.1, -0.05) is 36.4 Å². The standard InChI is InChI=1S/C23H19N5OS/c1-13-11-17(12-19-21(24)28-23(25-22(19)29)30-15(3)26-28)14(2)27(13)20-10-6-8-16-7-4-5-9-18(16)20/h4-12,24H,1-3H3/b19-12-,24-21?. The summed E-state index contributed by atoms with van der Waals surface area (Å²) in [6.07, 6.45) is 1.75. The molecule has 0 atom stereocenters. The quantitative estimate of drug-likeness (QED) is 0.608. The number of thioether (sulfide) groups is 1. The van der Waals surface area contributed by atoms with Crippen LogP contribution >= 0.6 is 11.8 Å². The number of rotatable bonds is 2. The minimum atomic E-state index is -0.404. The van der Waals surface area contributed by atoms with E-state index in [0.717, 1.165) is 33.1 Å². The number of fused-ring (bicyclic) bond motifs is 2. The minimum absolute atomic E-state index is 0.0595. The molecule has 1 amide bonds. The highest BCUT2D eigenvalue weighted by Crippen LogP contribution is 2.31. The topological polar surface area (TPSA) is 73.8 Å². The zero-order valence-corrected chi connectivity index (χ0v) is 17.6. The molecule has 7 heteroatoms. The van der Waals surface area contributed by atoms with E-state index in [0.29, 0.717) is 5.17 Å². The van der Waals surface area contributed by atoms with E-state index in [1.54, 1.807) is 6.08 Å². The van der Waals surface area contributed by atoms with Gasteiger partial charge < -0.3 is 4.57 Å². The maximum atomic E-state index is 12.6. The van der Waals surface area contributed by atoms with Gasteiger partial charge in [-0.25, -0.2) is 0 Å². The van der Waals surface area contributed by atoms with Crippen LogP contribution in [0.2, 0.25) is 0 Å². The summed E-state index contributed by atoms with van der Waals surface area (Å²) in [6.45, 7) is 5.91. The van der Waals surface area contributed by atoms with Gasteiger partial charge in [-0.05, 0) is 61.7 Å². The fourth-order valence-electron chi connectivity index (χ4n) is 3.95. The number of hydrogen-bond donors (Lipinski definition) is 1. The lowest BCUT2D eigenvalue weighted by atomic mass is 10.1. The van der Waals surface area contributed by atoms with Crippen molar-refractivity contribution in [3.8, 4) is 5.69 Å². The number of hydrogen-bond acceptors (Lipinski definition) is 4. The van der Waals surface area contributed by atoms with Gasteiger partial charge in [-0.2, -0.15) is 15.1 Å². The van der Waals surface area contributed by atoms with Crippen LogP contribution in [0.1, 0.15) is 23.9 Å². The van der Waals surface area contributed by atoms with Crippen LogP contribution < -0.4 is 0 Å². The zero-order chi connectivity index (χ0) is 21.0. The summed E-state index contributed by atoms with van der Waals surface area (Å²) in [6, 6.07) is 16.6. The second kappa shape index (κ2) is 6.81. The summed E-state index contributed by atoms with van der Waals surface area (Å²) in [5, 5.41) is 17.8. The maximum Gasteiger partial charge on any atom is 0.283 e. The van der Waals surface area contributed by atoms with Crippen LogP contribution in [0.3, 0.4) is 0 Å². The average molecular weight is 414 g/mol. The molecule has 0 spiro atoms. The van der Waals surface area contributed by atoms with Crippen LogP contribution in [0.4, 0.5) is 0 Å². The van der Waals surface area contributed by atoms with E-state index >= 15 is 0 Å². The van der Waals surface area contributed by atoms with E-state index in [4.69, 9.17) is 5.41 Å². The Morgan fingerprint density at radius 1 is 1.07 bits per heavy atom. The number of aryl methyl sites for hydroxylation is 1. The molecular formula is C23H19N5OS. The summed E-state index contributed by atoms with van der Waals surface area (Å²) in [4.78, 5) is 16.7. The highest BCUT2D eigenvalue weighted by molar-refractivity contribution is 8.26. The molecule has 6 nitrogen and oxygen atoms in total. The third kappa shape index (κ3) is 2.81. The number of amides is 1. The molecule has 0 aliphatic carbocycles. The molecule has 0 saturated heterocycles. The fraction of sp³-hybridized carbons (Fsp3) is 0.130. The zero-order valence-electron chi connectivity index (χ0n) is 16.8. The second-order valence-electron chi connectivity index (χ2n) is 7.30. The van der Waals surface area contributed by atoms with Gasteiger partial charge >= 0.3 is 0 Å². The Morgan fingerprint density at radius 2 is 1.83 bits per heavy atom. The Morgan fingerprint density at radius 3 is 2.67 bits per heavy atom. The number of carbonyl (C=O) groups excluding carboxylic acids is 1. The van der Waals surface area contributed by atoms with E-state index in [2.05, 4.69) is 45.0 Å². The van der Waals surface area contributed by atoms with Crippen molar-refractivity contribution in [2.45, 2.75) is 20.8 Å². The minimum Gasteiger partial charge on any atom is -0.317 e. The lowest BCUT2D eigenvalue weighted by molar-refractivity contribution is -0.114. The molecule has 2 aliphatic heterocycles. The van der Waals surface area contributed by atoms with Gasteiger partial charge in [-0.3, -0.25) is 10.2 Å². The summed E-state index contributed by atoms with van der Waals surface area (Å²) in [7, 11) is 0. The number of aliphatic imine (C=N–C) groups is 1. The first-order chi connectivity index (χ1) is 14.4. The Balaban J connectivity index is 1.63. The van der Waals surface area contributed by atoms with Gasteiger partial charge in [0.05, 0.1) is 16.3 Å². The highest BCUT2D eigenvalue weighted by atomic mass is 32.2. The molecule has 0 radical (unpaired) electrons. The Kier molecular flexibility index (Phi) is 4.22. The van der Waals surface area contributed by atoms with Crippen molar-refractivity contribution in [1.82, 2.24) is 9.58 Å². The molecule has 3 heterocycles. The molecule has 3 aromatic rings. The predicted octanol–water partition coefficient (Wildman–Crippen LogP) is 4.89. The average Bonchev–Trinajstić information content (AvgIpc) is 3.23. The Labute approximate surface area is 178 Å². The number of nitrogens with zero attached hydrogens (tertiary/aromatic N) is 4. The van der Waals surface area contributed by atoms with E-state index in [1.165, 1.54) is 22.2 Å². The first-order valence-corrected chi connectivity index (χ1v) is 10.4. The van der Waals surface area contributed by atoms with Gasteiger partial charge in [0, 0.05) is 16.8 Å². The van der Waals surface area contributed by atoms with E-state index in [-0.39, 0.29) is 11.4 Å². The van der Waals surface area contributed by atoms with E-state index < -0.39 is 5.91 Å². The number of amidine groups is 2. The van der Waals surface area contributed by atoms with Crippen molar-refractivity contribution >= 4 is 50.6 Å². The van der Waals surface area contributed by atoms with Crippen molar-refractivity contribution in [3.63, 3.8) is 0 Å². The van der Waals surface area contributed by atoms with Gasteiger partial charge in [0.15, 0.2) is 5.84 Å². The molecule has 1 aromatic heterocycles. The molecular weight excluding hydrogens is 394 g/mol. The molecule has 2 aromatic carbocycles. The third-order valence-corrected chi connectivity index (χ3v) is 6.16. The summed E-state index contributed by atoms with van der Waals surface area (Å²) in [5.74, 6) is -0.345. The lowest BCUT2D eigenvalue weighted by Gasteiger charge is -2.20. The van der Waals surface area contributed by atoms with Crippen LogP contribution in [0, 0.1) is 19.3 Å². The number of aromatic nitrogens is 1. The van der Waals surface area contributed by atoms with Crippen LogP contribution in [0.15, 0.2) is 64.2 Å². The van der Waals surface area contributed by atoms with Crippen molar-refractivity contribution in [2.75, 3.05) is 0 Å². The Bertz CT molecular complexity index is 1340. The molecule has 148 valence electrons. The van der Waals surface area contributed by atoms with Gasteiger partial charge in [0.1, 0.15) is 0 Å². The van der Waals surface area contributed by atoms with Crippen molar-refractivity contribution < 1.29 is 4.79 Å². The van der Waals surface area contributed by atoms with E-state index in [1.807, 2.05) is 39.0 Å². The fourth-order valence-corrected chi connectivity index (χ4v) is 4.68. The van der Waals surface area contributed by atoms with E-state index in [9.17, 15) is 4.79 Å². The van der Waals surface area contributed by atoms with Crippen molar-refractivity contribution in [2.24, 2.45) is 10.1 Å². The van der Waals surface area contributed by atoms with Crippen LogP contribution in [0.5, 0.6) is 0 Å². The maximum absolute atomic E-state index is 12.6. The number of carbonyl (C=O) groups is 1. The molecule has 0 unspecified atom stereocenters. The molecule has 2 aliphatic rings. The molecule has 0 saturated carbocycles. The van der Waals surface area contributed by atoms with Crippen LogP contribution in [0.25, 0.3) is 22.5 Å². The van der Waals surface area contributed by atoms with Crippen LogP contribution in [-0.2, 0) is 4.79 Å². The Hall–Kier alpha value is -3.45. The molecule has 0 fully saturated rings. The molecule has 30 heavy (non-hydrogen) atoms. The monoisotopic (exact) mass is 413 g/mol. The van der Waals surface area contributed by atoms with Crippen LogP contribution in [-0.4, -0.2) is 31.5 Å². The second-order valence-corrected chi connectivity index (χ2v) is 8.46. The number of nitrogens with one attached hydrogen (secondary N) is 1. The first-order valence-electron chi connectivity index (χ1n) is 9.58. The van der Waals surface area contributed by atoms with Crippen molar-refractivity contribution in [1.29, 1.82) is 5.41 Å². The number of benzene rings is 2. The summed E-state index contributed by atoms with van der Waals surface area (Å²) < 4.78 is 2.19. The largest absolute Gasteiger partial charge is 0.317 e. The molecule has 5 rings (SSSR count). The van der Waals surface area contributed by atoms with Gasteiger partial charge in [0.2, 0.25) is 5.17 Å². The molecule has 0 bridgehead atoms. The third-order valence-electron chi connectivity index (χ3n) is 5.33. The summed E-state index contributed by atoms with van der Waals surface area (Å²) >= 11 is 1.31. The van der Waals surface area contributed by atoms with Gasteiger partial charge in [-0.15, -0.1) is 0 Å². The predicted molar refractivity (Wildman–Crippen MR) is 123 cm³/mol. The lowest BCUT2D eigenvalue weighted by Crippen LogP contribution is -2.35. The highest BCUT2D eigenvalue weighted by Gasteiger charge is 2.34. The smallest absolute Gasteiger partial charge is 0.283 e. The first kappa shape index (κ1) is 18.6. The number of hydrazone groups is 1. The van der Waals surface area contributed by atoms with Gasteiger partial charge in [0.25, 0.3) is 5.91 Å². The SMILES string of the molecule is CC1=NN2C(=N)/C(=C/c3cc(C)n(-c4cccc5ccccc45)c3C)C(=O)N=C2S1. The summed E-state index contributed by atoms with van der Waals surface area (Å²) in [5.41, 5.74) is 4.28. The molecule has 1 N–H and O–H groups in total. The normalized spacial score (nSPS) is 17.6.